The van der Waals surface area contributed by atoms with Gasteiger partial charge in [0.2, 0.25) is 10.0 Å². The third-order valence-electron chi connectivity index (χ3n) is 5.06. The van der Waals surface area contributed by atoms with Crippen LogP contribution >= 0.6 is 0 Å². The van der Waals surface area contributed by atoms with E-state index in [0.717, 1.165) is 25.7 Å². The van der Waals surface area contributed by atoms with Gasteiger partial charge in [-0.25, -0.2) is 21.6 Å². The third-order valence-corrected chi connectivity index (χ3v) is 8.10. The molecule has 1 fully saturated rings. The van der Waals surface area contributed by atoms with Crippen molar-refractivity contribution in [2.45, 2.75) is 54.2 Å². The van der Waals surface area contributed by atoms with Crippen LogP contribution in [0.15, 0.2) is 59.5 Å². The van der Waals surface area contributed by atoms with Gasteiger partial charge in [-0.1, -0.05) is 55.3 Å². The fourth-order valence-electron chi connectivity index (χ4n) is 3.54. The van der Waals surface area contributed by atoms with Crippen molar-refractivity contribution in [3.8, 4) is 0 Å². The fraction of sp³-hybridized carbons (Fsp3) is 0.400. The molecule has 1 aliphatic carbocycles. The van der Waals surface area contributed by atoms with E-state index in [0.29, 0.717) is 11.1 Å². The van der Waals surface area contributed by atoms with Gasteiger partial charge in [0.25, 0.3) is 0 Å². The molecular formula is C20H26N2O4S2. The summed E-state index contributed by atoms with van der Waals surface area (Å²) in [7, 11) is -7.20. The minimum Gasteiger partial charge on any atom is -0.326 e. The number of nitrogens with one attached hydrogen (secondary N) is 1. The summed E-state index contributed by atoms with van der Waals surface area (Å²) in [6, 6.07) is 14.5. The molecule has 3 rings (SSSR count). The molecule has 0 heterocycles. The predicted molar refractivity (Wildman–Crippen MR) is 110 cm³/mol. The second-order valence-corrected chi connectivity index (χ2v) is 11.0. The summed E-state index contributed by atoms with van der Waals surface area (Å²) >= 11 is 0. The molecule has 3 N–H and O–H groups in total. The van der Waals surface area contributed by atoms with Crippen molar-refractivity contribution in [3.63, 3.8) is 0 Å². The van der Waals surface area contributed by atoms with E-state index in [-0.39, 0.29) is 28.5 Å². The second kappa shape index (κ2) is 8.73. The van der Waals surface area contributed by atoms with Gasteiger partial charge >= 0.3 is 0 Å². The molecule has 0 spiro atoms. The van der Waals surface area contributed by atoms with E-state index in [4.69, 9.17) is 5.73 Å². The smallest absolute Gasteiger partial charge is 0.216 e. The van der Waals surface area contributed by atoms with Crippen LogP contribution < -0.4 is 10.5 Å². The highest BCUT2D eigenvalue weighted by atomic mass is 32.2. The van der Waals surface area contributed by atoms with Crippen molar-refractivity contribution >= 4 is 19.9 Å². The molecule has 2 aromatic rings. The normalized spacial score (nSPS) is 20.8. The Morgan fingerprint density at radius 1 is 0.821 bits per heavy atom. The number of hydrogen-bond donors (Lipinski definition) is 2. The number of hydrogen-bond acceptors (Lipinski definition) is 5. The maximum atomic E-state index is 12.7. The van der Waals surface area contributed by atoms with Crippen LogP contribution in [0.2, 0.25) is 0 Å². The first kappa shape index (κ1) is 21.0. The van der Waals surface area contributed by atoms with Crippen molar-refractivity contribution in [1.82, 2.24) is 4.72 Å². The molecule has 1 saturated carbocycles. The third kappa shape index (κ3) is 5.41. The molecular weight excluding hydrogens is 396 g/mol. The molecule has 8 heteroatoms. The summed E-state index contributed by atoms with van der Waals surface area (Å²) in [5.41, 5.74) is 7.03. The lowest BCUT2D eigenvalue weighted by Crippen LogP contribution is -2.49. The number of benzene rings is 2. The highest BCUT2D eigenvalue weighted by Gasteiger charge is 2.27. The van der Waals surface area contributed by atoms with Crippen LogP contribution in [-0.2, 0) is 31.4 Å². The molecule has 1 aliphatic rings. The summed E-state index contributed by atoms with van der Waals surface area (Å²) in [6.07, 6.45) is 3.50. The summed E-state index contributed by atoms with van der Waals surface area (Å²) in [4.78, 5) is 0.221. The maximum Gasteiger partial charge on any atom is 0.216 e. The van der Waals surface area contributed by atoms with E-state index in [9.17, 15) is 16.8 Å². The van der Waals surface area contributed by atoms with E-state index in [2.05, 4.69) is 4.72 Å². The fourth-order valence-corrected chi connectivity index (χ4v) is 6.50. The van der Waals surface area contributed by atoms with Crippen molar-refractivity contribution in [1.29, 1.82) is 0 Å². The molecule has 0 aliphatic heterocycles. The topological polar surface area (TPSA) is 106 Å². The molecule has 2 atom stereocenters. The molecule has 0 amide bonds. The van der Waals surface area contributed by atoms with Crippen LogP contribution in [0, 0.1) is 0 Å². The molecule has 0 bridgehead atoms. The summed E-state index contributed by atoms with van der Waals surface area (Å²) in [5, 5.41) is 0. The average molecular weight is 423 g/mol. The Balaban J connectivity index is 1.78. The molecule has 28 heavy (non-hydrogen) atoms. The predicted octanol–water partition coefficient (Wildman–Crippen LogP) is 2.35. The summed E-state index contributed by atoms with van der Waals surface area (Å²) in [6.45, 7) is 0. The van der Waals surface area contributed by atoms with Crippen molar-refractivity contribution in [2.24, 2.45) is 5.73 Å². The monoisotopic (exact) mass is 422 g/mol. The van der Waals surface area contributed by atoms with Crippen LogP contribution in [0.4, 0.5) is 0 Å². The van der Waals surface area contributed by atoms with Crippen LogP contribution in [0.1, 0.15) is 36.8 Å². The number of sulfone groups is 1. The number of sulfonamides is 1. The van der Waals surface area contributed by atoms with E-state index >= 15 is 0 Å². The first-order chi connectivity index (χ1) is 13.3. The van der Waals surface area contributed by atoms with Gasteiger partial charge < -0.3 is 5.73 Å². The van der Waals surface area contributed by atoms with E-state index in [1.165, 1.54) is 0 Å². The minimum absolute atomic E-state index is 0.183. The standard InChI is InChI=1S/C20H26N2O4S2/c21-19-12-6-7-13-20(19)22-28(25,26)15-17-9-5-4-8-16(17)14-27(23,24)18-10-2-1-3-11-18/h1-5,8-11,19-20,22H,6-7,12-15,21H2. The lowest BCUT2D eigenvalue weighted by atomic mass is 9.92. The van der Waals surface area contributed by atoms with Crippen LogP contribution in [0.25, 0.3) is 0 Å². The molecule has 2 aromatic carbocycles. The second-order valence-electron chi connectivity index (χ2n) is 7.27. The highest BCUT2D eigenvalue weighted by molar-refractivity contribution is 7.90. The Morgan fingerprint density at radius 3 is 2.04 bits per heavy atom. The van der Waals surface area contributed by atoms with Gasteiger partial charge in [0, 0.05) is 12.1 Å². The van der Waals surface area contributed by atoms with Crippen molar-refractivity contribution < 1.29 is 16.8 Å². The van der Waals surface area contributed by atoms with Gasteiger partial charge in [-0.2, -0.15) is 0 Å². The molecule has 6 nitrogen and oxygen atoms in total. The first-order valence-electron chi connectivity index (χ1n) is 9.37. The molecule has 152 valence electrons. The van der Waals surface area contributed by atoms with Crippen molar-refractivity contribution in [2.75, 3.05) is 0 Å². The maximum absolute atomic E-state index is 12.7. The summed E-state index contributed by atoms with van der Waals surface area (Å²) < 4.78 is 53.5. The molecule has 0 radical (unpaired) electrons. The average Bonchev–Trinajstić information content (AvgIpc) is 2.65. The molecule has 2 unspecified atom stereocenters. The van der Waals surface area contributed by atoms with E-state index in [1.807, 2.05) is 0 Å². The minimum atomic E-state index is -3.63. The lowest BCUT2D eigenvalue weighted by molar-refractivity contribution is 0.361. The van der Waals surface area contributed by atoms with Gasteiger partial charge in [-0.3, -0.25) is 0 Å². The zero-order chi connectivity index (χ0) is 20.2. The highest BCUT2D eigenvalue weighted by Crippen LogP contribution is 2.22. The Kier molecular flexibility index (Phi) is 6.54. The number of rotatable bonds is 7. The zero-order valence-corrected chi connectivity index (χ0v) is 17.3. The Hall–Kier alpha value is -1.74. The van der Waals surface area contributed by atoms with Crippen molar-refractivity contribution in [3.05, 3.63) is 65.7 Å². The quantitative estimate of drug-likeness (QED) is 0.712. The van der Waals surface area contributed by atoms with Gasteiger partial charge in [0.1, 0.15) is 0 Å². The largest absolute Gasteiger partial charge is 0.326 e. The van der Waals surface area contributed by atoms with E-state index < -0.39 is 19.9 Å². The Labute approximate surface area is 167 Å². The molecule has 0 saturated heterocycles. The van der Waals surface area contributed by atoms with Crippen LogP contribution in [0.5, 0.6) is 0 Å². The summed E-state index contributed by atoms with van der Waals surface area (Å²) in [5.74, 6) is -0.512. The number of nitrogens with two attached hydrogens (primary N) is 1. The van der Waals surface area contributed by atoms with Crippen LogP contribution in [0.3, 0.4) is 0 Å². The zero-order valence-electron chi connectivity index (χ0n) is 15.6. The lowest BCUT2D eigenvalue weighted by Gasteiger charge is -2.29. The molecule has 0 aromatic heterocycles. The Morgan fingerprint density at radius 2 is 1.39 bits per heavy atom. The van der Waals surface area contributed by atoms with Gasteiger partial charge in [-0.05, 0) is 36.1 Å². The Bertz CT molecular complexity index is 1010. The SMILES string of the molecule is NC1CCCCC1NS(=O)(=O)Cc1ccccc1CS(=O)(=O)c1ccccc1. The van der Waals surface area contributed by atoms with Crippen LogP contribution in [-0.4, -0.2) is 28.9 Å². The first-order valence-corrected chi connectivity index (χ1v) is 12.7. The van der Waals surface area contributed by atoms with Gasteiger partial charge in [0.15, 0.2) is 9.84 Å². The van der Waals surface area contributed by atoms with Gasteiger partial charge in [0.05, 0.1) is 16.4 Å². The van der Waals surface area contributed by atoms with E-state index in [1.54, 1.807) is 54.6 Å². The van der Waals surface area contributed by atoms with Gasteiger partial charge in [-0.15, -0.1) is 0 Å².